The van der Waals surface area contributed by atoms with Crippen molar-refractivity contribution in [3.05, 3.63) is 53.6 Å². The number of halogens is 5. The summed E-state index contributed by atoms with van der Waals surface area (Å²) < 4.78 is 74.4. The second-order valence-electron chi connectivity index (χ2n) is 6.60. The molecule has 0 spiro atoms. The minimum atomic E-state index is -4.72. The maximum absolute atomic E-state index is 13.6. The molecular weight excluding hydrogens is 425 g/mol. The largest absolute Gasteiger partial charge is 0.435 e. The van der Waals surface area contributed by atoms with E-state index in [0.29, 0.717) is 0 Å². The molecule has 0 aliphatic carbocycles. The quantitative estimate of drug-likeness (QED) is 0.565. The zero-order valence-corrected chi connectivity index (χ0v) is 15.7. The first-order valence-electron chi connectivity index (χ1n) is 8.98. The van der Waals surface area contributed by atoms with Crippen molar-refractivity contribution in [1.29, 1.82) is 0 Å². The fourth-order valence-corrected chi connectivity index (χ4v) is 2.94. The van der Waals surface area contributed by atoms with E-state index >= 15 is 0 Å². The van der Waals surface area contributed by atoms with Crippen LogP contribution in [0.4, 0.5) is 22.0 Å². The number of alkyl halides is 5. The third-order valence-corrected chi connectivity index (χ3v) is 4.40. The summed E-state index contributed by atoms with van der Waals surface area (Å²) in [5.74, 6) is 3.61. The number of aliphatic hydroxyl groups is 1. The van der Waals surface area contributed by atoms with Crippen molar-refractivity contribution in [3.8, 4) is 28.7 Å². The first-order chi connectivity index (χ1) is 14.6. The molecule has 0 saturated carbocycles. The second-order valence-corrected chi connectivity index (χ2v) is 6.60. The Balaban J connectivity index is 1.83. The van der Waals surface area contributed by atoms with E-state index in [1.165, 1.54) is 24.3 Å². The third kappa shape index (κ3) is 5.93. The molecule has 1 fully saturated rings. The summed E-state index contributed by atoms with van der Waals surface area (Å²) in [5, 5.41) is 12.0. The molecule has 2 atom stereocenters. The third-order valence-electron chi connectivity index (χ3n) is 4.40. The van der Waals surface area contributed by atoms with Crippen molar-refractivity contribution in [3.63, 3.8) is 0 Å². The summed E-state index contributed by atoms with van der Waals surface area (Å²) in [7, 11) is 0. The Bertz CT molecular complexity index is 996. The topological polar surface area (TPSA) is 67.8 Å². The van der Waals surface area contributed by atoms with Crippen molar-refractivity contribution < 1.29 is 41.3 Å². The zero-order valence-electron chi connectivity index (χ0n) is 15.7. The fraction of sp³-hybridized carbons (Fsp3) is 0.286. The van der Waals surface area contributed by atoms with Crippen molar-refractivity contribution in [1.82, 2.24) is 5.32 Å². The average Bonchev–Trinajstić information content (AvgIpc) is 3.10. The second kappa shape index (κ2) is 9.32. The molecule has 10 heteroatoms. The van der Waals surface area contributed by atoms with Gasteiger partial charge in [-0.15, -0.1) is 0 Å². The number of aliphatic hydroxyl groups excluding tert-OH is 1. The first-order valence-corrected chi connectivity index (χ1v) is 8.98. The lowest BCUT2D eigenvalue weighted by molar-refractivity contribution is -0.137. The van der Waals surface area contributed by atoms with Crippen LogP contribution in [0, 0.1) is 11.8 Å². The maximum Gasteiger partial charge on any atom is 0.417 e. The SMILES string of the molecule is O=C(C#Cc1ccc(-c2ccc(OC(F)F)cc2)c(C(F)(F)F)c1)N[C@H]1COC[C@@H]1O. The van der Waals surface area contributed by atoms with Crippen molar-refractivity contribution in [2.75, 3.05) is 13.2 Å². The highest BCUT2D eigenvalue weighted by molar-refractivity contribution is 5.94. The van der Waals surface area contributed by atoms with Crippen LogP contribution >= 0.6 is 0 Å². The molecule has 3 rings (SSSR count). The van der Waals surface area contributed by atoms with Gasteiger partial charge in [0.1, 0.15) is 5.75 Å². The molecule has 1 aliphatic heterocycles. The van der Waals surface area contributed by atoms with Crippen LogP contribution in [0.1, 0.15) is 11.1 Å². The van der Waals surface area contributed by atoms with Gasteiger partial charge >= 0.3 is 12.8 Å². The van der Waals surface area contributed by atoms with E-state index in [2.05, 4.69) is 21.9 Å². The minimum absolute atomic E-state index is 0.0490. The van der Waals surface area contributed by atoms with Crippen LogP contribution in [0.15, 0.2) is 42.5 Å². The summed E-state index contributed by atoms with van der Waals surface area (Å²) in [6, 6.07) is 7.40. The van der Waals surface area contributed by atoms with Gasteiger partial charge in [0.15, 0.2) is 0 Å². The molecule has 2 aromatic rings. The highest BCUT2D eigenvalue weighted by Gasteiger charge is 2.34. The number of hydrogen-bond donors (Lipinski definition) is 2. The Kier molecular flexibility index (Phi) is 6.77. The normalized spacial score (nSPS) is 18.4. The fourth-order valence-electron chi connectivity index (χ4n) is 2.94. The molecule has 2 aromatic carbocycles. The Morgan fingerprint density at radius 1 is 1.16 bits per heavy atom. The molecule has 5 nitrogen and oxygen atoms in total. The lowest BCUT2D eigenvalue weighted by Crippen LogP contribution is -2.41. The number of carbonyl (C=O) groups excluding carboxylic acids is 1. The molecular formula is C21H16F5NO4. The highest BCUT2D eigenvalue weighted by Crippen LogP contribution is 2.38. The Morgan fingerprint density at radius 3 is 2.45 bits per heavy atom. The molecule has 0 bridgehead atoms. The first kappa shape index (κ1) is 22.5. The molecule has 0 radical (unpaired) electrons. The number of benzene rings is 2. The van der Waals surface area contributed by atoms with E-state index in [4.69, 9.17) is 4.74 Å². The Morgan fingerprint density at radius 2 is 1.87 bits per heavy atom. The highest BCUT2D eigenvalue weighted by atomic mass is 19.4. The van der Waals surface area contributed by atoms with Gasteiger partial charge in [-0.25, -0.2) is 0 Å². The predicted octanol–water partition coefficient (Wildman–Crippen LogP) is 3.20. The summed E-state index contributed by atoms with van der Waals surface area (Å²) in [6.45, 7) is -2.86. The minimum Gasteiger partial charge on any atom is -0.435 e. The van der Waals surface area contributed by atoms with E-state index in [9.17, 15) is 31.9 Å². The number of nitrogens with one attached hydrogen (secondary N) is 1. The summed E-state index contributed by atoms with van der Waals surface area (Å²) in [5.41, 5.74) is -1.09. The Labute approximate surface area is 173 Å². The molecule has 0 unspecified atom stereocenters. The molecule has 1 aliphatic rings. The summed E-state index contributed by atoms with van der Waals surface area (Å²) >= 11 is 0. The zero-order chi connectivity index (χ0) is 22.6. The van der Waals surface area contributed by atoms with Crippen LogP contribution in [0.25, 0.3) is 11.1 Å². The van der Waals surface area contributed by atoms with Crippen LogP contribution in [-0.2, 0) is 15.7 Å². The molecule has 0 aromatic heterocycles. The number of rotatable bonds is 4. The molecule has 1 amide bonds. The van der Waals surface area contributed by atoms with Crippen LogP contribution < -0.4 is 10.1 Å². The van der Waals surface area contributed by atoms with Crippen LogP contribution in [0.5, 0.6) is 5.75 Å². The molecule has 31 heavy (non-hydrogen) atoms. The van der Waals surface area contributed by atoms with Gasteiger partial charge < -0.3 is 19.9 Å². The monoisotopic (exact) mass is 441 g/mol. The smallest absolute Gasteiger partial charge is 0.417 e. The molecule has 1 saturated heterocycles. The van der Waals surface area contributed by atoms with Gasteiger partial charge in [0, 0.05) is 11.5 Å². The lowest BCUT2D eigenvalue weighted by Gasteiger charge is -2.14. The number of carbonyl (C=O) groups is 1. The van der Waals surface area contributed by atoms with Gasteiger partial charge in [0.05, 0.1) is 30.9 Å². The van der Waals surface area contributed by atoms with Crippen LogP contribution in [0.3, 0.4) is 0 Å². The van der Waals surface area contributed by atoms with Gasteiger partial charge in [-0.05, 0) is 35.4 Å². The number of ether oxygens (including phenoxy) is 2. The molecule has 2 N–H and O–H groups in total. The van der Waals surface area contributed by atoms with Gasteiger partial charge in [-0.3, -0.25) is 4.79 Å². The van der Waals surface area contributed by atoms with E-state index < -0.39 is 36.4 Å². The molecule has 164 valence electrons. The number of hydrogen-bond acceptors (Lipinski definition) is 4. The van der Waals surface area contributed by atoms with E-state index in [1.54, 1.807) is 0 Å². The summed E-state index contributed by atoms with van der Waals surface area (Å²) in [6.07, 6.45) is -5.60. The van der Waals surface area contributed by atoms with Crippen molar-refractivity contribution in [2.45, 2.75) is 24.9 Å². The summed E-state index contributed by atoms with van der Waals surface area (Å²) in [4.78, 5) is 11.9. The van der Waals surface area contributed by atoms with Crippen molar-refractivity contribution >= 4 is 5.91 Å². The van der Waals surface area contributed by atoms with Gasteiger partial charge in [0.2, 0.25) is 0 Å². The van der Waals surface area contributed by atoms with Gasteiger partial charge in [-0.2, -0.15) is 22.0 Å². The maximum atomic E-state index is 13.6. The predicted molar refractivity (Wildman–Crippen MR) is 99.1 cm³/mol. The van der Waals surface area contributed by atoms with E-state index in [1.807, 2.05) is 0 Å². The van der Waals surface area contributed by atoms with Gasteiger partial charge in [-0.1, -0.05) is 24.1 Å². The standard InChI is InChI=1S/C21H16F5NO4/c22-20(23)31-14-5-3-13(4-6-14)15-7-1-12(9-16(15)21(24,25)26)2-8-19(29)27-17-10-30-11-18(17)28/h1,3-7,9,17-18,20,28H,10-11H2,(H,27,29)/t17-,18-/m0/s1. The Hall–Kier alpha value is -3.16. The van der Waals surface area contributed by atoms with E-state index in [-0.39, 0.29) is 35.7 Å². The lowest BCUT2D eigenvalue weighted by atomic mass is 9.97. The van der Waals surface area contributed by atoms with Crippen molar-refractivity contribution in [2.24, 2.45) is 0 Å². The molecule has 1 heterocycles. The van der Waals surface area contributed by atoms with Crippen LogP contribution in [0.2, 0.25) is 0 Å². The van der Waals surface area contributed by atoms with Crippen LogP contribution in [-0.4, -0.2) is 43.0 Å². The number of amides is 1. The van der Waals surface area contributed by atoms with Gasteiger partial charge in [0.25, 0.3) is 5.91 Å². The average molecular weight is 441 g/mol. The van der Waals surface area contributed by atoms with E-state index in [0.717, 1.165) is 18.2 Å².